The van der Waals surface area contributed by atoms with Crippen LogP contribution in [0.4, 0.5) is 16.5 Å². The fourth-order valence-electron chi connectivity index (χ4n) is 3.84. The lowest BCUT2D eigenvalue weighted by Gasteiger charge is -2.32. The van der Waals surface area contributed by atoms with Crippen molar-refractivity contribution in [3.05, 3.63) is 59.6 Å². The molecule has 0 bridgehead atoms. The summed E-state index contributed by atoms with van der Waals surface area (Å²) in [5.41, 5.74) is 3.31. The molecule has 1 amide bonds. The molecule has 0 unspecified atom stereocenters. The van der Waals surface area contributed by atoms with Gasteiger partial charge in [0, 0.05) is 47.8 Å². The van der Waals surface area contributed by atoms with Crippen LogP contribution in [0.15, 0.2) is 63.7 Å². The van der Waals surface area contributed by atoms with Gasteiger partial charge in [-0.25, -0.2) is 4.98 Å². The Bertz CT molecular complexity index is 1020. The van der Waals surface area contributed by atoms with E-state index in [0.29, 0.717) is 18.1 Å². The number of aromatic nitrogens is 1. The van der Waals surface area contributed by atoms with Crippen LogP contribution in [0.2, 0.25) is 0 Å². The van der Waals surface area contributed by atoms with Crippen LogP contribution in [-0.4, -0.2) is 48.6 Å². The number of rotatable bonds is 6. The zero-order valence-corrected chi connectivity index (χ0v) is 18.8. The first kappa shape index (κ1) is 20.5. The number of anilines is 3. The van der Waals surface area contributed by atoms with Crippen molar-refractivity contribution < 1.29 is 9.53 Å². The Morgan fingerprint density at radius 3 is 2.42 bits per heavy atom. The molecule has 1 saturated heterocycles. The number of thiazole rings is 1. The number of fused-ring (bicyclic) bond motifs is 2. The maximum absolute atomic E-state index is 12.7. The second kappa shape index (κ2) is 9.40. The number of amides is 1. The number of ether oxygens (including phenoxy) is 1. The molecule has 1 fully saturated rings. The number of hydrogen-bond donors (Lipinski definition) is 1. The third kappa shape index (κ3) is 4.77. The molecule has 31 heavy (non-hydrogen) atoms. The minimum absolute atomic E-state index is 0.0135. The summed E-state index contributed by atoms with van der Waals surface area (Å²) in [7, 11) is 0. The number of carbonyl (C=O) groups is 1. The van der Waals surface area contributed by atoms with Crippen LogP contribution in [0.25, 0.3) is 0 Å². The van der Waals surface area contributed by atoms with E-state index in [1.165, 1.54) is 21.1 Å². The summed E-state index contributed by atoms with van der Waals surface area (Å²) >= 11 is 3.26. The first-order valence-electron chi connectivity index (χ1n) is 10.4. The Labute approximate surface area is 190 Å². The zero-order chi connectivity index (χ0) is 21.0. The Morgan fingerprint density at radius 1 is 1.03 bits per heavy atom. The van der Waals surface area contributed by atoms with E-state index < -0.39 is 0 Å². The highest BCUT2D eigenvalue weighted by molar-refractivity contribution is 7.99. The van der Waals surface area contributed by atoms with E-state index in [-0.39, 0.29) is 5.91 Å². The fraction of sp³-hybridized carbons (Fsp3) is 0.304. The highest BCUT2D eigenvalue weighted by atomic mass is 32.2. The number of hydrogen-bond acceptors (Lipinski definition) is 7. The molecule has 2 aromatic carbocycles. The van der Waals surface area contributed by atoms with Gasteiger partial charge in [0.05, 0.1) is 30.3 Å². The van der Waals surface area contributed by atoms with Crippen LogP contribution in [0.1, 0.15) is 12.1 Å². The molecule has 0 spiro atoms. The first-order chi connectivity index (χ1) is 15.3. The average Bonchev–Trinajstić information content (AvgIpc) is 3.23. The molecule has 1 N–H and O–H groups in total. The molecule has 0 radical (unpaired) electrons. The van der Waals surface area contributed by atoms with Crippen molar-refractivity contribution in [1.29, 1.82) is 0 Å². The van der Waals surface area contributed by atoms with Crippen molar-refractivity contribution in [2.75, 3.05) is 43.1 Å². The molecule has 3 aromatic rings. The predicted octanol–water partition coefficient (Wildman–Crippen LogP) is 4.61. The van der Waals surface area contributed by atoms with Crippen LogP contribution >= 0.6 is 23.1 Å². The standard InChI is InChI=1S/C23H24N4O2S2/c28-22(25-23-24-17(16-30-23)15-26-11-13-29-14-12-26)9-10-27-18-5-1-3-7-20(18)31-21-8-4-2-6-19(21)27/h1-8,16H,9-15H2,(H,24,25,28). The Morgan fingerprint density at radius 2 is 1.71 bits per heavy atom. The van der Waals surface area contributed by atoms with Gasteiger partial charge in [0.25, 0.3) is 0 Å². The highest BCUT2D eigenvalue weighted by Crippen LogP contribution is 2.47. The number of morpholine rings is 1. The molecule has 160 valence electrons. The van der Waals surface area contributed by atoms with Crippen LogP contribution in [-0.2, 0) is 16.1 Å². The van der Waals surface area contributed by atoms with Gasteiger partial charge >= 0.3 is 0 Å². The lowest BCUT2D eigenvalue weighted by Crippen LogP contribution is -2.35. The second-order valence-corrected chi connectivity index (χ2v) is 9.46. The Hall–Kier alpha value is -2.39. The predicted molar refractivity (Wildman–Crippen MR) is 125 cm³/mol. The molecule has 0 aliphatic carbocycles. The van der Waals surface area contributed by atoms with Crippen LogP contribution in [0.5, 0.6) is 0 Å². The van der Waals surface area contributed by atoms with Crippen molar-refractivity contribution in [3.63, 3.8) is 0 Å². The molecular weight excluding hydrogens is 428 g/mol. The van der Waals surface area contributed by atoms with Gasteiger partial charge in [-0.2, -0.15) is 0 Å². The number of carbonyl (C=O) groups excluding carboxylic acids is 1. The summed E-state index contributed by atoms with van der Waals surface area (Å²) in [5, 5.41) is 5.68. The van der Waals surface area contributed by atoms with Gasteiger partial charge in [0.15, 0.2) is 5.13 Å². The lowest BCUT2D eigenvalue weighted by atomic mass is 10.2. The van der Waals surface area contributed by atoms with Crippen LogP contribution < -0.4 is 10.2 Å². The smallest absolute Gasteiger partial charge is 0.227 e. The van der Waals surface area contributed by atoms with Gasteiger partial charge in [0.2, 0.25) is 5.91 Å². The van der Waals surface area contributed by atoms with Gasteiger partial charge in [0.1, 0.15) is 0 Å². The lowest BCUT2D eigenvalue weighted by molar-refractivity contribution is -0.116. The largest absolute Gasteiger partial charge is 0.379 e. The molecule has 0 saturated carbocycles. The Kier molecular flexibility index (Phi) is 6.22. The van der Waals surface area contributed by atoms with Gasteiger partial charge in [-0.15, -0.1) is 11.3 Å². The van der Waals surface area contributed by atoms with Crippen molar-refractivity contribution >= 4 is 45.5 Å². The molecule has 0 atom stereocenters. The summed E-state index contributed by atoms with van der Waals surface area (Å²) in [6.07, 6.45) is 0.395. The molecule has 1 aromatic heterocycles. The zero-order valence-electron chi connectivity index (χ0n) is 17.1. The quantitative estimate of drug-likeness (QED) is 0.590. The number of nitrogens with zero attached hydrogens (tertiary/aromatic N) is 3. The van der Waals surface area contributed by atoms with Gasteiger partial charge in [-0.05, 0) is 24.3 Å². The van der Waals surface area contributed by atoms with Crippen molar-refractivity contribution in [2.45, 2.75) is 22.8 Å². The highest BCUT2D eigenvalue weighted by Gasteiger charge is 2.23. The molecule has 2 aliphatic heterocycles. The summed E-state index contributed by atoms with van der Waals surface area (Å²) in [4.78, 5) is 24.3. The number of para-hydroxylation sites is 2. The van der Waals surface area contributed by atoms with Crippen molar-refractivity contribution in [2.24, 2.45) is 0 Å². The van der Waals surface area contributed by atoms with Gasteiger partial charge in [-0.1, -0.05) is 36.0 Å². The third-order valence-electron chi connectivity index (χ3n) is 5.38. The topological polar surface area (TPSA) is 57.7 Å². The number of benzene rings is 2. The molecule has 8 heteroatoms. The van der Waals surface area contributed by atoms with Gasteiger partial charge in [-0.3, -0.25) is 9.69 Å². The van der Waals surface area contributed by atoms with E-state index in [9.17, 15) is 4.79 Å². The van der Waals surface area contributed by atoms with E-state index >= 15 is 0 Å². The van der Waals surface area contributed by atoms with Crippen LogP contribution in [0, 0.1) is 0 Å². The normalized spacial score (nSPS) is 15.9. The minimum atomic E-state index is -0.0135. The maximum Gasteiger partial charge on any atom is 0.227 e. The molecular formula is C23H24N4O2S2. The summed E-state index contributed by atoms with van der Waals surface area (Å²) in [5.74, 6) is -0.0135. The van der Waals surface area contributed by atoms with Crippen molar-refractivity contribution in [3.8, 4) is 0 Å². The van der Waals surface area contributed by atoms with E-state index in [1.54, 1.807) is 11.8 Å². The van der Waals surface area contributed by atoms with Gasteiger partial charge < -0.3 is 15.0 Å². The fourth-order valence-corrected chi connectivity index (χ4v) is 5.66. The molecule has 6 nitrogen and oxygen atoms in total. The Balaban J connectivity index is 1.21. The van der Waals surface area contributed by atoms with E-state index in [0.717, 1.165) is 49.9 Å². The number of nitrogens with one attached hydrogen (secondary N) is 1. The van der Waals surface area contributed by atoms with E-state index in [2.05, 4.69) is 56.5 Å². The SMILES string of the molecule is O=C(CCN1c2ccccc2Sc2ccccc21)Nc1nc(CN2CCOCC2)cs1. The minimum Gasteiger partial charge on any atom is -0.379 e. The summed E-state index contributed by atoms with van der Waals surface area (Å²) < 4.78 is 5.39. The van der Waals surface area contributed by atoms with E-state index in [4.69, 9.17) is 4.74 Å². The third-order valence-corrected chi connectivity index (χ3v) is 7.32. The van der Waals surface area contributed by atoms with E-state index in [1.807, 2.05) is 17.5 Å². The molecule has 3 heterocycles. The monoisotopic (exact) mass is 452 g/mol. The summed E-state index contributed by atoms with van der Waals surface area (Å²) in [6.45, 7) is 4.82. The summed E-state index contributed by atoms with van der Waals surface area (Å²) in [6, 6.07) is 16.7. The maximum atomic E-state index is 12.7. The molecule has 2 aliphatic rings. The molecule has 5 rings (SSSR count). The average molecular weight is 453 g/mol. The second-order valence-electron chi connectivity index (χ2n) is 7.52. The van der Waals surface area contributed by atoms with Crippen LogP contribution in [0.3, 0.4) is 0 Å². The first-order valence-corrected chi connectivity index (χ1v) is 12.1. The van der Waals surface area contributed by atoms with Crippen molar-refractivity contribution in [1.82, 2.24) is 9.88 Å².